The predicted molar refractivity (Wildman–Crippen MR) is 68.5 cm³/mol. The average molecular weight is 619 g/mol. The molecule has 0 amide bonds. The van der Waals surface area contributed by atoms with Crippen LogP contribution in [-0.4, -0.2) is 17.1 Å². The molecule has 1 aromatic carbocycles. The van der Waals surface area contributed by atoms with Crippen LogP contribution < -0.4 is 14.9 Å². The van der Waals surface area contributed by atoms with E-state index in [9.17, 15) is 9.59 Å². The summed E-state index contributed by atoms with van der Waals surface area (Å²) in [5, 5.41) is 0.320. The van der Waals surface area contributed by atoms with Gasteiger partial charge in [-0.25, -0.2) is 0 Å². The molecular formula is C14H11NO4WY2-2. The fraction of sp³-hybridized carbons (Fsp3) is 0.214. The van der Waals surface area contributed by atoms with Crippen LogP contribution >= 0.6 is 0 Å². The molecule has 0 fully saturated rings. The molecule has 0 atom stereocenters. The van der Waals surface area contributed by atoms with Gasteiger partial charge in [-0.2, -0.15) is 6.92 Å². The van der Waals surface area contributed by atoms with Crippen molar-refractivity contribution in [1.82, 2.24) is 4.57 Å². The van der Waals surface area contributed by atoms with Crippen LogP contribution in [0.5, 0.6) is 11.5 Å². The van der Waals surface area contributed by atoms with E-state index < -0.39 is 5.78 Å². The van der Waals surface area contributed by atoms with E-state index in [0.717, 1.165) is 0 Å². The van der Waals surface area contributed by atoms with Crippen molar-refractivity contribution in [2.24, 2.45) is 0 Å². The second kappa shape index (κ2) is 9.08. The van der Waals surface area contributed by atoms with E-state index in [2.05, 4.69) is 13.0 Å². The van der Waals surface area contributed by atoms with Crippen molar-refractivity contribution in [1.29, 1.82) is 0 Å². The van der Waals surface area contributed by atoms with E-state index in [0.29, 0.717) is 28.9 Å². The maximum absolute atomic E-state index is 12.2. The number of pyridine rings is 1. The monoisotopic (exact) mass is 619 g/mol. The molecule has 0 spiro atoms. The Morgan fingerprint density at radius 3 is 2.68 bits per heavy atom. The van der Waals surface area contributed by atoms with Crippen molar-refractivity contribution in [3.8, 4) is 11.5 Å². The fourth-order valence-electron chi connectivity index (χ4n) is 2.15. The number of rotatable bonds is 2. The third-order valence-electron chi connectivity index (χ3n) is 3.11. The van der Waals surface area contributed by atoms with Gasteiger partial charge in [0.15, 0.2) is 0 Å². The van der Waals surface area contributed by atoms with Crippen molar-refractivity contribution in [3.63, 3.8) is 0 Å². The standard InChI is InChI=1S/C14H11NO4.W.2Y/c1-3-15-6-10(8(2)16)14(17)9-4-12-13(5-11(9)15)19-7-18-12;;;/h5-6H,2-3,7H2,1H3;;;/q-2;;;. The van der Waals surface area contributed by atoms with Gasteiger partial charge in [0.25, 0.3) is 0 Å². The summed E-state index contributed by atoms with van der Waals surface area (Å²) in [5.74, 6) is 0.462. The minimum Gasteiger partial charge on any atom is -0.500 e. The number of fused-ring (bicyclic) bond motifs is 2. The van der Waals surface area contributed by atoms with Gasteiger partial charge >= 0.3 is 0 Å². The Hall–Kier alpha value is 0.466. The maximum atomic E-state index is 12.2. The van der Waals surface area contributed by atoms with Gasteiger partial charge in [0, 0.05) is 104 Å². The number of hydrogen-bond donors (Lipinski definition) is 0. The zero-order chi connectivity index (χ0) is 13.6. The van der Waals surface area contributed by atoms with Crippen molar-refractivity contribution in [2.75, 3.05) is 6.79 Å². The summed E-state index contributed by atoms with van der Waals surface area (Å²) in [6, 6.07) is 4.62. The number of carbonyl (C=O) groups excluding carboxylic acids is 1. The quantitative estimate of drug-likeness (QED) is 0.379. The van der Waals surface area contributed by atoms with Crippen LogP contribution in [0.1, 0.15) is 17.3 Å². The van der Waals surface area contributed by atoms with Gasteiger partial charge in [0.1, 0.15) is 0 Å². The number of ether oxygens (including phenoxy) is 2. The minimum atomic E-state index is -0.500. The number of benzene rings is 1. The molecule has 22 heavy (non-hydrogen) atoms. The van der Waals surface area contributed by atoms with Crippen LogP contribution in [-0.2, 0) is 93.0 Å². The third kappa shape index (κ3) is 3.92. The molecule has 2 radical (unpaired) electrons. The van der Waals surface area contributed by atoms with Crippen LogP contribution in [0.15, 0.2) is 17.1 Å². The first-order chi connectivity index (χ1) is 9.11. The summed E-state index contributed by atoms with van der Waals surface area (Å²) in [6.45, 7) is 5.95. The molecule has 0 unspecified atom stereocenters. The third-order valence-corrected chi connectivity index (χ3v) is 3.11. The second-order valence-corrected chi connectivity index (χ2v) is 4.21. The fourth-order valence-corrected chi connectivity index (χ4v) is 2.15. The molecule has 1 aliphatic rings. The Kier molecular flexibility index (Phi) is 9.27. The van der Waals surface area contributed by atoms with E-state index in [1.54, 1.807) is 10.6 Å². The van der Waals surface area contributed by atoms with Gasteiger partial charge < -0.3 is 23.6 Å². The van der Waals surface area contributed by atoms with Crippen LogP contribution in [0.25, 0.3) is 10.9 Å². The number of aryl methyl sites for hydroxylation is 1. The van der Waals surface area contributed by atoms with Crippen LogP contribution in [0.2, 0.25) is 0 Å². The van der Waals surface area contributed by atoms with Gasteiger partial charge in [-0.3, -0.25) is 0 Å². The number of Topliss-reactive ketones (excluding diaryl/α,β-unsaturated/α-hetero) is 1. The summed E-state index contributed by atoms with van der Waals surface area (Å²) < 4.78 is 12.3. The summed E-state index contributed by atoms with van der Waals surface area (Å²) in [6.07, 6.45) is 1.52. The molecule has 0 saturated carbocycles. The summed E-state index contributed by atoms with van der Waals surface area (Å²) in [4.78, 5) is 23.7. The topological polar surface area (TPSA) is 57.5 Å². The summed E-state index contributed by atoms with van der Waals surface area (Å²) >= 11 is 0. The second-order valence-electron chi connectivity index (χ2n) is 4.21. The number of carbonyl (C=O) groups is 1. The van der Waals surface area contributed by atoms with Gasteiger partial charge in [-0.05, 0) is 12.4 Å². The SMILES string of the molecule is [CH2-]C(=O)c1cn(CC)c2cc3c([c-]c2c1=O)OCO3.[W].[Y].[Y]. The van der Waals surface area contributed by atoms with Gasteiger partial charge in [-0.1, -0.05) is 23.7 Å². The molecule has 0 N–H and O–H groups in total. The van der Waals surface area contributed by atoms with E-state index in [1.165, 1.54) is 6.20 Å². The molecule has 5 nitrogen and oxygen atoms in total. The number of aromatic nitrogens is 1. The zero-order valence-electron chi connectivity index (χ0n) is 11.9. The molecule has 0 aliphatic carbocycles. The van der Waals surface area contributed by atoms with E-state index in [-0.39, 0.29) is 104 Å². The summed E-state index contributed by atoms with van der Waals surface area (Å²) in [5.41, 5.74) is 0.351. The Morgan fingerprint density at radius 1 is 1.41 bits per heavy atom. The number of ketones is 1. The Labute approximate surface area is 192 Å². The first kappa shape index (κ1) is 22.5. The van der Waals surface area contributed by atoms with Crippen LogP contribution in [0.4, 0.5) is 0 Å². The smallest absolute Gasteiger partial charge is 0.218 e. The summed E-state index contributed by atoms with van der Waals surface area (Å²) in [7, 11) is 0. The van der Waals surface area contributed by atoms with Gasteiger partial charge in [-0.15, -0.1) is 5.56 Å². The van der Waals surface area contributed by atoms with Crippen LogP contribution in [0.3, 0.4) is 0 Å². The van der Waals surface area contributed by atoms with Crippen molar-refractivity contribution in [2.45, 2.75) is 13.5 Å². The van der Waals surface area contributed by atoms with Gasteiger partial charge in [0.2, 0.25) is 6.79 Å². The number of hydrogen-bond acceptors (Lipinski definition) is 4. The molecule has 110 valence electrons. The van der Waals surface area contributed by atoms with E-state index in [1.807, 2.05) is 6.92 Å². The molecule has 3 rings (SSSR count). The maximum Gasteiger partial charge on any atom is 0.218 e. The molecule has 1 aliphatic heterocycles. The molecule has 1 aromatic heterocycles. The Bertz CT molecular complexity index is 761. The predicted octanol–water partition coefficient (Wildman–Crippen LogP) is 1.56. The number of nitrogens with zero attached hydrogens (tertiary/aromatic N) is 1. The minimum absolute atomic E-state index is 0. The van der Waals surface area contributed by atoms with Crippen LogP contribution in [0, 0.1) is 13.0 Å². The van der Waals surface area contributed by atoms with E-state index in [4.69, 9.17) is 9.47 Å². The Balaban J connectivity index is 0.00000147. The largest absolute Gasteiger partial charge is 0.500 e. The van der Waals surface area contributed by atoms with Crippen molar-refractivity contribution >= 4 is 16.7 Å². The van der Waals surface area contributed by atoms with Crippen molar-refractivity contribution in [3.05, 3.63) is 41.0 Å². The molecule has 2 heterocycles. The molecule has 0 bridgehead atoms. The van der Waals surface area contributed by atoms with Crippen molar-refractivity contribution < 1.29 is 101 Å². The first-order valence-corrected chi connectivity index (χ1v) is 5.87. The molecule has 0 saturated heterocycles. The average Bonchev–Trinajstić information content (AvgIpc) is 2.84. The first-order valence-electron chi connectivity index (χ1n) is 5.87. The molecule has 2 aromatic rings. The molecule has 8 heteroatoms. The van der Waals surface area contributed by atoms with E-state index >= 15 is 0 Å². The zero-order valence-corrected chi connectivity index (χ0v) is 20.5. The van der Waals surface area contributed by atoms with Gasteiger partial charge in [0.05, 0.1) is 11.5 Å². The Morgan fingerprint density at radius 2 is 2.09 bits per heavy atom. The normalized spacial score (nSPS) is 11.1. The molecular weight excluding hydrogens is 608 g/mol.